The van der Waals surface area contributed by atoms with E-state index in [2.05, 4.69) is 15.7 Å². The van der Waals surface area contributed by atoms with Crippen LogP contribution >= 0.6 is 11.3 Å². The molecule has 0 aliphatic rings. The molecule has 0 aliphatic heterocycles. The smallest absolute Gasteiger partial charge is 0.272 e. The Labute approximate surface area is 120 Å². The lowest BCUT2D eigenvalue weighted by atomic mass is 10.3. The Kier molecular flexibility index (Phi) is 4.19. The van der Waals surface area contributed by atoms with E-state index in [4.69, 9.17) is 0 Å². The number of hydrogen-bond donors (Lipinski definition) is 2. The molecule has 0 unspecified atom stereocenters. The summed E-state index contributed by atoms with van der Waals surface area (Å²) in [6, 6.07) is 5.14. The Morgan fingerprint density at radius 1 is 1.35 bits per heavy atom. The number of aromatic nitrogens is 2. The minimum atomic E-state index is -0.257. The molecule has 106 valence electrons. The summed E-state index contributed by atoms with van der Waals surface area (Å²) >= 11 is 1.36. The van der Waals surface area contributed by atoms with Crippen molar-refractivity contribution < 1.29 is 9.59 Å². The molecule has 6 nitrogen and oxygen atoms in total. The summed E-state index contributed by atoms with van der Waals surface area (Å²) in [5.74, 6) is 0.0170. The van der Waals surface area contributed by atoms with Gasteiger partial charge in [-0.3, -0.25) is 14.3 Å². The summed E-state index contributed by atoms with van der Waals surface area (Å²) in [5.41, 5.74) is 0.280. The number of rotatable bonds is 4. The van der Waals surface area contributed by atoms with Crippen molar-refractivity contribution in [3.63, 3.8) is 0 Å². The molecule has 0 aromatic carbocycles. The molecule has 2 amide bonds. The van der Waals surface area contributed by atoms with Gasteiger partial charge in [0, 0.05) is 19.2 Å². The molecule has 2 aromatic rings. The molecule has 0 radical (unpaired) electrons. The number of anilines is 1. The van der Waals surface area contributed by atoms with E-state index in [1.165, 1.54) is 16.0 Å². The van der Waals surface area contributed by atoms with Gasteiger partial charge in [0.2, 0.25) is 0 Å². The van der Waals surface area contributed by atoms with Gasteiger partial charge >= 0.3 is 0 Å². The van der Waals surface area contributed by atoms with Crippen LogP contribution in [0.2, 0.25) is 0 Å². The number of nitrogens with one attached hydrogen (secondary N) is 2. The fourth-order valence-corrected chi connectivity index (χ4v) is 2.24. The van der Waals surface area contributed by atoms with E-state index < -0.39 is 0 Å². The Morgan fingerprint density at radius 3 is 2.70 bits per heavy atom. The molecule has 0 fully saturated rings. The number of aryl methyl sites for hydroxylation is 1. The number of carbonyl (C=O) groups is 2. The molecule has 2 rings (SSSR count). The molecular formula is C13H16N4O2S. The van der Waals surface area contributed by atoms with Crippen LogP contribution in [0.15, 0.2) is 23.6 Å². The van der Waals surface area contributed by atoms with Crippen molar-refractivity contribution in [1.29, 1.82) is 0 Å². The van der Waals surface area contributed by atoms with Crippen LogP contribution in [-0.2, 0) is 7.05 Å². The van der Waals surface area contributed by atoms with Crippen molar-refractivity contribution in [2.45, 2.75) is 19.9 Å². The summed E-state index contributed by atoms with van der Waals surface area (Å²) in [4.78, 5) is 24.4. The molecule has 7 heteroatoms. The van der Waals surface area contributed by atoms with Gasteiger partial charge in [-0.25, -0.2) is 0 Å². The van der Waals surface area contributed by atoms with Gasteiger partial charge in [-0.2, -0.15) is 5.10 Å². The maximum absolute atomic E-state index is 11.9. The second-order valence-electron chi connectivity index (χ2n) is 4.60. The number of nitrogens with zero attached hydrogens (tertiary/aromatic N) is 2. The highest BCUT2D eigenvalue weighted by Gasteiger charge is 2.15. The van der Waals surface area contributed by atoms with Crippen LogP contribution in [0.3, 0.4) is 0 Å². The fraction of sp³-hybridized carbons (Fsp3) is 0.308. The Hall–Kier alpha value is -2.15. The number of amides is 2. The second-order valence-corrected chi connectivity index (χ2v) is 5.55. The molecule has 0 saturated heterocycles. The molecule has 2 heterocycles. The molecule has 0 bridgehead atoms. The van der Waals surface area contributed by atoms with Crippen LogP contribution in [-0.4, -0.2) is 27.6 Å². The molecule has 2 N–H and O–H groups in total. The van der Waals surface area contributed by atoms with Crippen molar-refractivity contribution in [1.82, 2.24) is 15.1 Å². The van der Waals surface area contributed by atoms with Crippen molar-refractivity contribution in [3.8, 4) is 0 Å². The average molecular weight is 292 g/mol. The highest BCUT2D eigenvalue weighted by Crippen LogP contribution is 2.14. The summed E-state index contributed by atoms with van der Waals surface area (Å²) in [6.07, 6.45) is 0. The third-order valence-corrected chi connectivity index (χ3v) is 3.39. The van der Waals surface area contributed by atoms with E-state index >= 15 is 0 Å². The first-order chi connectivity index (χ1) is 9.47. The third kappa shape index (κ3) is 3.24. The maximum atomic E-state index is 11.9. The summed E-state index contributed by atoms with van der Waals surface area (Å²) in [5, 5.41) is 11.4. The number of thiophene rings is 1. The fourth-order valence-electron chi connectivity index (χ4n) is 1.62. The Morgan fingerprint density at radius 2 is 2.10 bits per heavy atom. The largest absolute Gasteiger partial charge is 0.348 e. The van der Waals surface area contributed by atoms with Crippen LogP contribution < -0.4 is 10.6 Å². The maximum Gasteiger partial charge on any atom is 0.272 e. The van der Waals surface area contributed by atoms with E-state index in [0.29, 0.717) is 10.7 Å². The number of hydrogen-bond acceptors (Lipinski definition) is 4. The van der Waals surface area contributed by atoms with Crippen molar-refractivity contribution in [2.75, 3.05) is 5.32 Å². The van der Waals surface area contributed by atoms with Crippen molar-refractivity contribution >= 4 is 29.0 Å². The lowest BCUT2D eigenvalue weighted by Gasteiger charge is -2.04. The predicted octanol–water partition coefficient (Wildman–Crippen LogP) is 1.87. The Balaban J connectivity index is 2.12. The van der Waals surface area contributed by atoms with Crippen molar-refractivity contribution in [3.05, 3.63) is 34.2 Å². The van der Waals surface area contributed by atoms with Crippen LogP contribution in [0.1, 0.15) is 34.0 Å². The molecular weight excluding hydrogens is 276 g/mol. The van der Waals surface area contributed by atoms with E-state index in [9.17, 15) is 9.59 Å². The molecule has 0 aliphatic carbocycles. The summed E-state index contributed by atoms with van der Waals surface area (Å²) < 4.78 is 1.47. The molecule has 0 saturated carbocycles. The Bertz CT molecular complexity index is 616. The lowest BCUT2D eigenvalue weighted by Crippen LogP contribution is -2.30. The van der Waals surface area contributed by atoms with Gasteiger partial charge in [0.1, 0.15) is 5.82 Å². The molecule has 20 heavy (non-hydrogen) atoms. The minimum absolute atomic E-state index is 0.0358. The molecule has 0 atom stereocenters. The monoisotopic (exact) mass is 292 g/mol. The van der Waals surface area contributed by atoms with E-state index in [1.54, 1.807) is 19.2 Å². The van der Waals surface area contributed by atoms with Gasteiger partial charge in [-0.05, 0) is 25.3 Å². The van der Waals surface area contributed by atoms with E-state index in [-0.39, 0.29) is 23.6 Å². The predicted molar refractivity (Wildman–Crippen MR) is 78.1 cm³/mol. The van der Waals surface area contributed by atoms with Crippen LogP contribution in [0.25, 0.3) is 0 Å². The van der Waals surface area contributed by atoms with Crippen LogP contribution in [0.5, 0.6) is 0 Å². The van der Waals surface area contributed by atoms with E-state index in [1.807, 2.05) is 25.3 Å². The van der Waals surface area contributed by atoms with Gasteiger partial charge < -0.3 is 10.6 Å². The normalized spacial score (nSPS) is 10.6. The van der Waals surface area contributed by atoms with Gasteiger partial charge in [-0.15, -0.1) is 11.3 Å². The SMILES string of the molecule is CC(C)NC(=O)c1cc(NC(=O)c2cccs2)n(C)n1. The summed E-state index contributed by atoms with van der Waals surface area (Å²) in [6.45, 7) is 3.75. The van der Waals surface area contributed by atoms with Gasteiger partial charge in [-0.1, -0.05) is 6.07 Å². The highest BCUT2D eigenvalue weighted by molar-refractivity contribution is 7.12. The highest BCUT2D eigenvalue weighted by atomic mass is 32.1. The van der Waals surface area contributed by atoms with Gasteiger partial charge in [0.25, 0.3) is 11.8 Å². The quantitative estimate of drug-likeness (QED) is 0.903. The molecule has 2 aromatic heterocycles. The van der Waals surface area contributed by atoms with E-state index in [0.717, 1.165) is 0 Å². The molecule has 0 spiro atoms. The average Bonchev–Trinajstić information content (AvgIpc) is 2.99. The first-order valence-electron chi connectivity index (χ1n) is 6.17. The second kappa shape index (κ2) is 5.87. The van der Waals surface area contributed by atoms with Gasteiger partial charge in [0.15, 0.2) is 5.69 Å². The van der Waals surface area contributed by atoms with Crippen LogP contribution in [0.4, 0.5) is 5.82 Å². The zero-order valence-electron chi connectivity index (χ0n) is 11.5. The van der Waals surface area contributed by atoms with Crippen molar-refractivity contribution in [2.24, 2.45) is 7.05 Å². The first-order valence-corrected chi connectivity index (χ1v) is 7.05. The summed E-state index contributed by atoms with van der Waals surface area (Å²) in [7, 11) is 1.68. The van der Waals surface area contributed by atoms with Gasteiger partial charge in [0.05, 0.1) is 4.88 Å². The topological polar surface area (TPSA) is 76.0 Å². The zero-order valence-corrected chi connectivity index (χ0v) is 12.3. The standard InChI is InChI=1S/C13H16N4O2S/c1-8(2)14-12(18)9-7-11(17(3)16-9)15-13(19)10-5-4-6-20-10/h4-8H,1-3H3,(H,14,18)(H,15,19). The first kappa shape index (κ1) is 14.3. The number of carbonyl (C=O) groups excluding carboxylic acids is 2. The third-order valence-electron chi connectivity index (χ3n) is 2.52. The van der Waals surface area contributed by atoms with Crippen LogP contribution in [0, 0.1) is 0 Å². The lowest BCUT2D eigenvalue weighted by molar-refractivity contribution is 0.0936. The minimum Gasteiger partial charge on any atom is -0.348 e. The zero-order chi connectivity index (χ0) is 14.7.